The highest BCUT2D eigenvalue weighted by molar-refractivity contribution is 7.23. The van der Waals surface area contributed by atoms with Gasteiger partial charge in [-0.3, -0.25) is 9.69 Å². The molecule has 2 heterocycles. The van der Waals surface area contributed by atoms with Gasteiger partial charge in [-0.25, -0.2) is 4.98 Å². The number of hydrogen-bond acceptors (Lipinski definition) is 6. The van der Waals surface area contributed by atoms with E-state index in [0.29, 0.717) is 48.7 Å². The second kappa shape index (κ2) is 9.81. The SMILES string of the molecule is CCN(CC)CCN(C(=O)c1cc(Cl)sc1Cl)c1nc2c(OC)ccc(Cl)c2s1. The van der Waals surface area contributed by atoms with Crippen molar-refractivity contribution in [2.45, 2.75) is 13.8 Å². The largest absolute Gasteiger partial charge is 0.494 e. The first-order chi connectivity index (χ1) is 13.9. The molecule has 10 heteroatoms. The molecular weight excluding hydrogens is 473 g/mol. The summed E-state index contributed by atoms with van der Waals surface area (Å²) < 4.78 is 7.02. The number of nitrogens with zero attached hydrogens (tertiary/aromatic N) is 3. The number of anilines is 1. The highest BCUT2D eigenvalue weighted by atomic mass is 35.5. The third kappa shape index (κ3) is 4.81. The number of fused-ring (bicyclic) bond motifs is 1. The van der Waals surface area contributed by atoms with Gasteiger partial charge in [0, 0.05) is 13.1 Å². The van der Waals surface area contributed by atoms with Crippen molar-refractivity contribution in [1.82, 2.24) is 9.88 Å². The van der Waals surface area contributed by atoms with Crippen LogP contribution in [0.25, 0.3) is 10.2 Å². The third-order valence-electron chi connectivity index (χ3n) is 4.56. The number of ether oxygens (including phenoxy) is 1. The van der Waals surface area contributed by atoms with E-state index in [1.165, 1.54) is 22.7 Å². The molecule has 0 unspecified atom stereocenters. The lowest BCUT2D eigenvalue weighted by atomic mass is 10.3. The van der Waals surface area contributed by atoms with E-state index in [1.807, 2.05) is 0 Å². The van der Waals surface area contributed by atoms with Gasteiger partial charge in [-0.2, -0.15) is 0 Å². The van der Waals surface area contributed by atoms with E-state index in [0.717, 1.165) is 17.8 Å². The second-order valence-electron chi connectivity index (χ2n) is 6.15. The van der Waals surface area contributed by atoms with Crippen molar-refractivity contribution in [3.05, 3.63) is 37.5 Å². The summed E-state index contributed by atoms with van der Waals surface area (Å²) in [4.78, 5) is 21.9. The number of carbonyl (C=O) groups is 1. The van der Waals surface area contributed by atoms with E-state index >= 15 is 0 Å². The molecule has 0 N–H and O–H groups in total. The van der Waals surface area contributed by atoms with Gasteiger partial charge in [-0.1, -0.05) is 60.0 Å². The summed E-state index contributed by atoms with van der Waals surface area (Å²) in [5, 5.41) is 1.11. The van der Waals surface area contributed by atoms with Crippen molar-refractivity contribution in [1.29, 1.82) is 0 Å². The van der Waals surface area contributed by atoms with Gasteiger partial charge in [-0.05, 0) is 31.3 Å². The molecule has 0 spiro atoms. The van der Waals surface area contributed by atoms with Gasteiger partial charge in [-0.15, -0.1) is 11.3 Å². The second-order valence-corrected chi connectivity index (χ2v) is 9.82. The highest BCUT2D eigenvalue weighted by Gasteiger charge is 2.26. The van der Waals surface area contributed by atoms with Crippen LogP contribution in [0.15, 0.2) is 18.2 Å². The average molecular weight is 493 g/mol. The number of likely N-dealkylation sites (N-methyl/N-ethyl adjacent to an activating group) is 1. The average Bonchev–Trinajstić information content (AvgIpc) is 3.29. The lowest BCUT2D eigenvalue weighted by Gasteiger charge is -2.24. The van der Waals surface area contributed by atoms with E-state index in [2.05, 4.69) is 23.7 Å². The van der Waals surface area contributed by atoms with Crippen molar-refractivity contribution in [2.24, 2.45) is 0 Å². The molecule has 0 atom stereocenters. The minimum Gasteiger partial charge on any atom is -0.494 e. The van der Waals surface area contributed by atoms with E-state index in [9.17, 15) is 4.79 Å². The van der Waals surface area contributed by atoms with Crippen LogP contribution < -0.4 is 9.64 Å². The van der Waals surface area contributed by atoms with Crippen LogP contribution in [0.5, 0.6) is 5.75 Å². The highest BCUT2D eigenvalue weighted by Crippen LogP contribution is 2.40. The van der Waals surface area contributed by atoms with Crippen molar-refractivity contribution < 1.29 is 9.53 Å². The van der Waals surface area contributed by atoms with Gasteiger partial charge < -0.3 is 9.64 Å². The van der Waals surface area contributed by atoms with Crippen LogP contribution in [0.3, 0.4) is 0 Å². The van der Waals surface area contributed by atoms with Crippen LogP contribution in [0.2, 0.25) is 13.7 Å². The van der Waals surface area contributed by atoms with Crippen LogP contribution in [0.4, 0.5) is 5.13 Å². The monoisotopic (exact) mass is 491 g/mol. The number of methoxy groups -OCH3 is 1. The van der Waals surface area contributed by atoms with E-state index in [4.69, 9.17) is 39.5 Å². The summed E-state index contributed by atoms with van der Waals surface area (Å²) in [7, 11) is 1.58. The molecule has 0 aliphatic heterocycles. The summed E-state index contributed by atoms with van der Waals surface area (Å²) >= 11 is 21.2. The van der Waals surface area contributed by atoms with Crippen molar-refractivity contribution in [3.8, 4) is 5.75 Å². The Labute approximate surface area is 192 Å². The number of benzene rings is 1. The van der Waals surface area contributed by atoms with Gasteiger partial charge in [0.15, 0.2) is 5.13 Å². The van der Waals surface area contributed by atoms with Gasteiger partial charge in [0.05, 0.1) is 26.7 Å². The number of carbonyl (C=O) groups excluding carboxylic acids is 1. The summed E-state index contributed by atoms with van der Waals surface area (Å²) in [6, 6.07) is 5.14. The fourth-order valence-corrected chi connectivity index (χ4v) is 5.65. The van der Waals surface area contributed by atoms with Gasteiger partial charge in [0.25, 0.3) is 5.91 Å². The molecule has 0 aliphatic rings. The first-order valence-electron chi connectivity index (χ1n) is 9.01. The smallest absolute Gasteiger partial charge is 0.262 e. The molecule has 0 fully saturated rings. The summed E-state index contributed by atoms with van der Waals surface area (Å²) in [6.45, 7) is 7.13. The molecule has 0 radical (unpaired) electrons. The summed E-state index contributed by atoms with van der Waals surface area (Å²) in [5.41, 5.74) is 1.01. The number of halogens is 3. The first kappa shape index (κ1) is 22.6. The lowest BCUT2D eigenvalue weighted by molar-refractivity contribution is 0.0984. The molecule has 29 heavy (non-hydrogen) atoms. The fraction of sp³-hybridized carbons (Fsp3) is 0.368. The number of aromatic nitrogens is 1. The molecule has 0 aliphatic carbocycles. The molecule has 5 nitrogen and oxygen atoms in total. The molecule has 2 aromatic heterocycles. The van der Waals surface area contributed by atoms with E-state index in [-0.39, 0.29) is 5.91 Å². The first-order valence-corrected chi connectivity index (χ1v) is 11.8. The number of rotatable bonds is 8. The van der Waals surface area contributed by atoms with Crippen molar-refractivity contribution in [2.75, 3.05) is 38.2 Å². The number of thiazole rings is 1. The molecule has 0 bridgehead atoms. The lowest BCUT2D eigenvalue weighted by Crippen LogP contribution is -2.38. The Bertz CT molecular complexity index is 1020. The number of amides is 1. The quantitative estimate of drug-likeness (QED) is 0.369. The third-order valence-corrected chi connectivity index (χ3v) is 7.59. The normalized spacial score (nSPS) is 11.4. The maximum atomic E-state index is 13.4. The zero-order valence-electron chi connectivity index (χ0n) is 16.2. The Morgan fingerprint density at radius 3 is 2.45 bits per heavy atom. The minimum atomic E-state index is -0.237. The van der Waals surface area contributed by atoms with Crippen LogP contribution in [0.1, 0.15) is 24.2 Å². The van der Waals surface area contributed by atoms with Gasteiger partial charge >= 0.3 is 0 Å². The number of hydrogen-bond donors (Lipinski definition) is 0. The molecule has 0 saturated carbocycles. The maximum absolute atomic E-state index is 13.4. The van der Waals surface area contributed by atoms with Crippen LogP contribution in [-0.2, 0) is 0 Å². The molecular formula is C19H20Cl3N3O2S2. The summed E-state index contributed by atoms with van der Waals surface area (Å²) in [5.74, 6) is 0.374. The fourth-order valence-electron chi connectivity index (χ4n) is 2.92. The topological polar surface area (TPSA) is 45.7 Å². The molecule has 1 amide bonds. The molecule has 3 rings (SSSR count). The van der Waals surface area contributed by atoms with Gasteiger partial charge in [0.2, 0.25) is 0 Å². The molecule has 0 saturated heterocycles. The van der Waals surface area contributed by atoms with Crippen LogP contribution >= 0.6 is 57.5 Å². The predicted molar refractivity (Wildman–Crippen MR) is 125 cm³/mol. The van der Waals surface area contributed by atoms with Crippen molar-refractivity contribution >= 4 is 78.7 Å². The Hall–Kier alpha value is -1.09. The summed E-state index contributed by atoms with van der Waals surface area (Å²) in [6.07, 6.45) is 0. The molecule has 3 aromatic rings. The predicted octanol–water partition coefficient (Wildman–Crippen LogP) is 6.32. The Morgan fingerprint density at radius 1 is 1.14 bits per heavy atom. The molecule has 1 aromatic carbocycles. The van der Waals surface area contributed by atoms with E-state index < -0.39 is 0 Å². The van der Waals surface area contributed by atoms with E-state index in [1.54, 1.807) is 30.2 Å². The molecule has 156 valence electrons. The van der Waals surface area contributed by atoms with Crippen molar-refractivity contribution in [3.63, 3.8) is 0 Å². The Kier molecular flexibility index (Phi) is 7.64. The van der Waals surface area contributed by atoms with Crippen LogP contribution in [0, 0.1) is 0 Å². The van der Waals surface area contributed by atoms with Crippen LogP contribution in [-0.4, -0.2) is 49.1 Å². The maximum Gasteiger partial charge on any atom is 0.262 e. The Balaban J connectivity index is 2.05. The zero-order chi connectivity index (χ0) is 21.1. The standard InChI is InChI=1S/C19H20Cl3N3O2S2/c1-4-24(5-2)8-9-25(18(26)11-10-14(21)28-17(11)22)19-23-15-13(27-3)7-6-12(20)16(15)29-19/h6-7,10H,4-5,8-9H2,1-3H3. The Morgan fingerprint density at radius 2 is 1.86 bits per heavy atom. The minimum absolute atomic E-state index is 0.237. The zero-order valence-corrected chi connectivity index (χ0v) is 20.1. The van der Waals surface area contributed by atoms with Gasteiger partial charge in [0.1, 0.15) is 15.6 Å². The number of thiophene rings is 1.